The van der Waals surface area contributed by atoms with E-state index in [9.17, 15) is 5.11 Å². The average molecular weight is 415 g/mol. The summed E-state index contributed by atoms with van der Waals surface area (Å²) < 4.78 is 6.37. The molecule has 0 radical (unpaired) electrons. The second-order valence-corrected chi connectivity index (χ2v) is 12.9. The first kappa shape index (κ1) is 23.6. The van der Waals surface area contributed by atoms with Crippen molar-refractivity contribution < 1.29 is 9.53 Å². The maximum Gasteiger partial charge on any atom is 0.187 e. The Kier molecular flexibility index (Phi) is 9.81. The van der Waals surface area contributed by atoms with E-state index >= 15 is 0 Å². The second kappa shape index (κ2) is 12.1. The molecule has 0 saturated heterocycles. The third-order valence-corrected chi connectivity index (χ3v) is 7.92. The number of phenolic OH excluding ortho intramolecular Hbond substituents is 1. The van der Waals surface area contributed by atoms with E-state index in [2.05, 4.69) is 36.9 Å². The van der Waals surface area contributed by atoms with Gasteiger partial charge in [-0.15, -0.1) is 0 Å². The quantitative estimate of drug-likeness (QED) is 0.291. The van der Waals surface area contributed by atoms with Crippen LogP contribution in [0.1, 0.15) is 64.6 Å². The van der Waals surface area contributed by atoms with Crippen molar-refractivity contribution in [3.63, 3.8) is 0 Å². The summed E-state index contributed by atoms with van der Waals surface area (Å²) in [6.07, 6.45) is 13.6. The minimum atomic E-state index is -1.47. The molecular formula is C24H38N2O2Si. The van der Waals surface area contributed by atoms with Crippen LogP contribution < -0.4 is 0 Å². The molecule has 4 nitrogen and oxygen atoms in total. The molecule has 0 aliphatic carbocycles. The number of benzene rings is 1. The number of aromatic nitrogens is 2. The van der Waals surface area contributed by atoms with Crippen LogP contribution in [0.3, 0.4) is 0 Å². The Morgan fingerprint density at radius 3 is 2.24 bits per heavy atom. The van der Waals surface area contributed by atoms with Crippen molar-refractivity contribution in [2.45, 2.75) is 90.5 Å². The Morgan fingerprint density at radius 2 is 1.59 bits per heavy atom. The Labute approximate surface area is 177 Å². The lowest BCUT2D eigenvalue weighted by atomic mass is 10.1. The highest BCUT2D eigenvalue weighted by Crippen LogP contribution is 2.21. The average Bonchev–Trinajstić information content (AvgIpc) is 2.70. The van der Waals surface area contributed by atoms with Gasteiger partial charge < -0.3 is 9.53 Å². The van der Waals surface area contributed by atoms with E-state index in [-0.39, 0.29) is 5.75 Å². The lowest BCUT2D eigenvalue weighted by Gasteiger charge is -2.27. The van der Waals surface area contributed by atoms with Crippen LogP contribution in [0.4, 0.5) is 0 Å². The monoisotopic (exact) mass is 414 g/mol. The summed E-state index contributed by atoms with van der Waals surface area (Å²) in [4.78, 5) is 9.00. The smallest absolute Gasteiger partial charge is 0.187 e. The molecule has 1 N–H and O–H groups in total. The maximum absolute atomic E-state index is 9.38. The molecule has 1 heterocycles. The first-order chi connectivity index (χ1) is 13.9. The van der Waals surface area contributed by atoms with Gasteiger partial charge in [-0.05, 0) is 56.6 Å². The van der Waals surface area contributed by atoms with E-state index in [1.165, 1.54) is 44.6 Å². The van der Waals surface area contributed by atoms with Crippen LogP contribution in [0.15, 0.2) is 36.7 Å². The number of hydrogen-bond donors (Lipinski definition) is 1. The first-order valence-corrected chi connectivity index (χ1v) is 14.3. The van der Waals surface area contributed by atoms with Crippen LogP contribution in [0.2, 0.25) is 19.1 Å². The molecule has 0 aliphatic rings. The fraction of sp³-hybridized carbons (Fsp3) is 0.583. The lowest BCUT2D eigenvalue weighted by Crippen LogP contribution is -2.34. The Hall–Kier alpha value is -1.72. The van der Waals surface area contributed by atoms with Crippen molar-refractivity contribution in [1.82, 2.24) is 9.97 Å². The van der Waals surface area contributed by atoms with Crippen molar-refractivity contribution in [2.24, 2.45) is 0 Å². The molecule has 0 bridgehead atoms. The van der Waals surface area contributed by atoms with Crippen LogP contribution in [0.5, 0.6) is 5.75 Å². The van der Waals surface area contributed by atoms with E-state index in [4.69, 9.17) is 4.43 Å². The molecule has 1 atom stereocenters. The van der Waals surface area contributed by atoms with Crippen LogP contribution >= 0.6 is 0 Å². The molecule has 0 spiro atoms. The van der Waals surface area contributed by atoms with Gasteiger partial charge in [-0.3, -0.25) is 0 Å². The molecule has 5 heteroatoms. The van der Waals surface area contributed by atoms with E-state index in [0.717, 1.165) is 29.8 Å². The standard InChI is InChI=1S/C24H38N2O2Si/c1-5-6-17-29(3,4)28-20(2)11-9-7-8-10-12-24-25-18-22(19-26-24)21-13-15-23(27)16-14-21/h13-16,18-20,27H,5-12,17H2,1-4H3. The summed E-state index contributed by atoms with van der Waals surface area (Å²) in [5, 5.41) is 9.38. The Bertz CT molecular complexity index is 702. The fourth-order valence-electron chi connectivity index (χ4n) is 3.62. The number of hydrogen-bond acceptors (Lipinski definition) is 4. The van der Waals surface area contributed by atoms with Crippen LogP contribution in [-0.4, -0.2) is 29.5 Å². The molecule has 2 rings (SSSR count). The second-order valence-electron chi connectivity index (χ2n) is 8.68. The number of aryl methyl sites for hydroxylation is 1. The van der Waals surface area contributed by atoms with Crippen molar-refractivity contribution >= 4 is 8.32 Å². The zero-order valence-corrected chi connectivity index (χ0v) is 19.7. The van der Waals surface area contributed by atoms with E-state index in [1.807, 2.05) is 24.5 Å². The van der Waals surface area contributed by atoms with Crippen molar-refractivity contribution in [3.8, 4) is 16.9 Å². The highest BCUT2D eigenvalue weighted by molar-refractivity contribution is 6.71. The van der Waals surface area contributed by atoms with Crippen LogP contribution in [-0.2, 0) is 10.8 Å². The van der Waals surface area contributed by atoms with Gasteiger partial charge in [-0.25, -0.2) is 9.97 Å². The van der Waals surface area contributed by atoms with E-state index in [0.29, 0.717) is 6.10 Å². The highest BCUT2D eigenvalue weighted by atomic mass is 28.4. The molecular weight excluding hydrogens is 376 g/mol. The number of nitrogens with zero attached hydrogens (tertiary/aromatic N) is 2. The largest absolute Gasteiger partial charge is 0.508 e. The van der Waals surface area contributed by atoms with Crippen LogP contribution in [0, 0.1) is 0 Å². The van der Waals surface area contributed by atoms with Crippen molar-refractivity contribution in [2.75, 3.05) is 0 Å². The number of unbranched alkanes of at least 4 members (excludes halogenated alkanes) is 4. The molecule has 0 aliphatic heterocycles. The molecule has 0 amide bonds. The molecule has 1 aromatic heterocycles. The van der Waals surface area contributed by atoms with Crippen molar-refractivity contribution in [3.05, 3.63) is 42.5 Å². The van der Waals surface area contributed by atoms with Gasteiger partial charge in [0.2, 0.25) is 0 Å². The number of phenols is 1. The SMILES string of the molecule is CCCC[Si](C)(C)OC(C)CCCCCCc1ncc(-c2ccc(O)cc2)cn1. The summed E-state index contributed by atoms with van der Waals surface area (Å²) in [5.74, 6) is 1.18. The van der Waals surface area contributed by atoms with Crippen molar-refractivity contribution in [1.29, 1.82) is 0 Å². The Morgan fingerprint density at radius 1 is 0.931 bits per heavy atom. The third-order valence-electron chi connectivity index (χ3n) is 5.32. The molecule has 1 unspecified atom stereocenters. The van der Waals surface area contributed by atoms with E-state index in [1.54, 1.807) is 12.1 Å². The summed E-state index contributed by atoms with van der Waals surface area (Å²) >= 11 is 0. The van der Waals surface area contributed by atoms with Gasteiger partial charge in [0.05, 0.1) is 0 Å². The molecule has 0 saturated carbocycles. The van der Waals surface area contributed by atoms with Gasteiger partial charge in [0.1, 0.15) is 11.6 Å². The van der Waals surface area contributed by atoms with Gasteiger partial charge in [0.25, 0.3) is 0 Å². The predicted molar refractivity (Wildman–Crippen MR) is 124 cm³/mol. The van der Waals surface area contributed by atoms with Crippen LogP contribution in [0.25, 0.3) is 11.1 Å². The summed E-state index contributed by atoms with van der Waals surface area (Å²) in [6.45, 7) is 9.20. The molecule has 29 heavy (non-hydrogen) atoms. The zero-order chi connectivity index (χ0) is 21.1. The van der Waals surface area contributed by atoms with Gasteiger partial charge in [-0.1, -0.05) is 51.2 Å². The Balaban J connectivity index is 1.61. The normalized spacial score (nSPS) is 12.8. The maximum atomic E-state index is 9.38. The summed E-state index contributed by atoms with van der Waals surface area (Å²) in [6, 6.07) is 8.41. The summed E-state index contributed by atoms with van der Waals surface area (Å²) in [7, 11) is -1.47. The lowest BCUT2D eigenvalue weighted by molar-refractivity contribution is 0.195. The zero-order valence-electron chi connectivity index (χ0n) is 18.7. The first-order valence-electron chi connectivity index (χ1n) is 11.2. The van der Waals surface area contributed by atoms with Gasteiger partial charge in [0.15, 0.2) is 8.32 Å². The molecule has 1 aromatic carbocycles. The molecule has 2 aromatic rings. The molecule has 160 valence electrons. The summed E-state index contributed by atoms with van der Waals surface area (Å²) in [5.41, 5.74) is 2.00. The third kappa shape index (κ3) is 9.09. The van der Waals surface area contributed by atoms with Gasteiger partial charge >= 0.3 is 0 Å². The number of rotatable bonds is 13. The topological polar surface area (TPSA) is 55.2 Å². The van der Waals surface area contributed by atoms with Gasteiger partial charge in [-0.2, -0.15) is 0 Å². The number of aromatic hydroxyl groups is 1. The predicted octanol–water partition coefficient (Wildman–Crippen LogP) is 6.75. The minimum absolute atomic E-state index is 0.273. The van der Waals surface area contributed by atoms with Gasteiger partial charge in [0, 0.05) is 30.5 Å². The minimum Gasteiger partial charge on any atom is -0.508 e. The van der Waals surface area contributed by atoms with E-state index < -0.39 is 8.32 Å². The highest BCUT2D eigenvalue weighted by Gasteiger charge is 2.23. The molecule has 0 fully saturated rings. The fourth-order valence-corrected chi connectivity index (χ4v) is 6.15.